The summed E-state index contributed by atoms with van der Waals surface area (Å²) in [5.41, 5.74) is 0.875. The summed E-state index contributed by atoms with van der Waals surface area (Å²) in [6.07, 6.45) is 0.541. The molecule has 6 heteroatoms. The van der Waals surface area contributed by atoms with Crippen LogP contribution in [0.1, 0.15) is 15.9 Å². The van der Waals surface area contributed by atoms with Crippen molar-refractivity contribution in [3.05, 3.63) is 34.3 Å². The van der Waals surface area contributed by atoms with Gasteiger partial charge in [-0.3, -0.25) is 0 Å². The van der Waals surface area contributed by atoms with Crippen LogP contribution in [0, 0.1) is 10.7 Å². The van der Waals surface area contributed by atoms with E-state index in [9.17, 15) is 4.79 Å². The number of thioether (sulfide) groups is 1. The summed E-state index contributed by atoms with van der Waals surface area (Å²) in [4.78, 5) is 10.9. The van der Waals surface area contributed by atoms with Crippen LogP contribution >= 0.6 is 35.0 Å². The van der Waals surface area contributed by atoms with E-state index in [0.29, 0.717) is 12.3 Å². The highest BCUT2D eigenvalue weighted by Gasteiger charge is 2.13. The van der Waals surface area contributed by atoms with Gasteiger partial charge < -0.3 is 5.11 Å². The highest BCUT2D eigenvalue weighted by molar-refractivity contribution is 8.04. The first-order valence-electron chi connectivity index (χ1n) is 4.71. The SMILES string of the molecule is N#CSC(CCl)Cc1ccc(Cl)c(C(=O)O)c1. The summed E-state index contributed by atoms with van der Waals surface area (Å²) in [7, 11) is 0. The molecule has 17 heavy (non-hydrogen) atoms. The third-order valence-electron chi connectivity index (χ3n) is 2.12. The van der Waals surface area contributed by atoms with Crippen molar-refractivity contribution in [3.63, 3.8) is 0 Å². The molecule has 0 aliphatic rings. The molecule has 0 aliphatic heterocycles. The van der Waals surface area contributed by atoms with E-state index in [4.69, 9.17) is 33.6 Å². The maximum atomic E-state index is 10.9. The third-order valence-corrected chi connectivity index (χ3v) is 3.77. The summed E-state index contributed by atoms with van der Waals surface area (Å²) in [6.45, 7) is 0. The second kappa shape index (κ2) is 6.75. The molecule has 90 valence electrons. The van der Waals surface area contributed by atoms with Gasteiger partial charge in [-0.2, -0.15) is 5.26 Å². The fraction of sp³-hybridized carbons (Fsp3) is 0.273. The van der Waals surface area contributed by atoms with Crippen molar-refractivity contribution >= 4 is 40.9 Å². The number of nitriles is 1. The van der Waals surface area contributed by atoms with Gasteiger partial charge in [0.15, 0.2) is 0 Å². The van der Waals surface area contributed by atoms with Crippen LogP contribution in [-0.4, -0.2) is 22.2 Å². The summed E-state index contributed by atoms with van der Waals surface area (Å²) < 4.78 is 0. The van der Waals surface area contributed by atoms with Gasteiger partial charge in [0.1, 0.15) is 5.40 Å². The molecule has 1 aromatic rings. The number of nitrogens with zero attached hydrogens (tertiary/aromatic N) is 1. The summed E-state index contributed by atoms with van der Waals surface area (Å²) in [6, 6.07) is 4.80. The first-order valence-corrected chi connectivity index (χ1v) is 6.50. The Bertz CT molecular complexity index is 459. The highest BCUT2D eigenvalue weighted by atomic mass is 35.5. The minimum absolute atomic E-state index is 0.0514. The Hall–Kier alpha value is -0.890. The molecule has 0 bridgehead atoms. The van der Waals surface area contributed by atoms with Gasteiger partial charge in [0.05, 0.1) is 10.6 Å². The largest absolute Gasteiger partial charge is 0.478 e. The lowest BCUT2D eigenvalue weighted by molar-refractivity contribution is 0.0697. The Kier molecular flexibility index (Phi) is 5.63. The van der Waals surface area contributed by atoms with Crippen molar-refractivity contribution in [2.24, 2.45) is 0 Å². The number of hydrogen-bond donors (Lipinski definition) is 1. The van der Waals surface area contributed by atoms with Gasteiger partial charge >= 0.3 is 5.97 Å². The Morgan fingerprint density at radius 2 is 2.29 bits per heavy atom. The molecule has 1 unspecified atom stereocenters. The summed E-state index contributed by atoms with van der Waals surface area (Å²) >= 11 is 12.6. The molecule has 0 amide bonds. The minimum Gasteiger partial charge on any atom is -0.478 e. The summed E-state index contributed by atoms with van der Waals surface area (Å²) in [5.74, 6) is -0.726. The average molecular weight is 290 g/mol. The van der Waals surface area contributed by atoms with Gasteiger partial charge in [-0.25, -0.2) is 4.79 Å². The lowest BCUT2D eigenvalue weighted by Gasteiger charge is -2.10. The second-order valence-electron chi connectivity index (χ2n) is 3.31. The zero-order chi connectivity index (χ0) is 12.8. The van der Waals surface area contributed by atoms with E-state index in [-0.39, 0.29) is 15.8 Å². The van der Waals surface area contributed by atoms with Gasteiger partial charge in [0.2, 0.25) is 0 Å². The number of carbonyl (C=O) groups is 1. The van der Waals surface area contributed by atoms with E-state index in [1.807, 2.05) is 5.40 Å². The van der Waals surface area contributed by atoms with Gasteiger partial charge in [-0.05, 0) is 35.9 Å². The first kappa shape index (κ1) is 14.2. The monoisotopic (exact) mass is 289 g/mol. The van der Waals surface area contributed by atoms with Gasteiger partial charge in [0.25, 0.3) is 0 Å². The normalized spacial score (nSPS) is 11.8. The van der Waals surface area contributed by atoms with Crippen molar-refractivity contribution < 1.29 is 9.90 Å². The van der Waals surface area contributed by atoms with Crippen LogP contribution in [0.2, 0.25) is 5.02 Å². The zero-order valence-electron chi connectivity index (χ0n) is 8.69. The van der Waals surface area contributed by atoms with E-state index in [2.05, 4.69) is 0 Å². The van der Waals surface area contributed by atoms with Gasteiger partial charge in [-0.15, -0.1) is 11.6 Å². The molecule has 0 aliphatic carbocycles. The number of thiocyanates is 1. The predicted molar refractivity (Wildman–Crippen MR) is 69.8 cm³/mol. The van der Waals surface area contributed by atoms with E-state index < -0.39 is 5.97 Å². The first-order chi connectivity index (χ1) is 8.08. The maximum absolute atomic E-state index is 10.9. The predicted octanol–water partition coefficient (Wildman–Crippen LogP) is 3.40. The minimum atomic E-state index is -1.06. The van der Waals surface area contributed by atoms with E-state index >= 15 is 0 Å². The molecule has 0 saturated carbocycles. The lowest BCUT2D eigenvalue weighted by Crippen LogP contribution is -2.09. The molecule has 1 rings (SSSR count). The molecule has 0 saturated heterocycles. The fourth-order valence-electron chi connectivity index (χ4n) is 1.33. The van der Waals surface area contributed by atoms with Gasteiger partial charge in [0, 0.05) is 11.1 Å². The average Bonchev–Trinajstić information content (AvgIpc) is 2.30. The molecular formula is C11H9Cl2NO2S. The van der Waals surface area contributed by atoms with Crippen LogP contribution < -0.4 is 0 Å². The van der Waals surface area contributed by atoms with Crippen molar-refractivity contribution in [2.45, 2.75) is 11.7 Å². The van der Waals surface area contributed by atoms with E-state index in [0.717, 1.165) is 17.3 Å². The Balaban J connectivity index is 2.89. The van der Waals surface area contributed by atoms with Gasteiger partial charge in [-0.1, -0.05) is 17.7 Å². The smallest absolute Gasteiger partial charge is 0.337 e. The quantitative estimate of drug-likeness (QED) is 0.667. The molecule has 0 heterocycles. The zero-order valence-corrected chi connectivity index (χ0v) is 11.0. The van der Waals surface area contributed by atoms with Crippen molar-refractivity contribution in [1.29, 1.82) is 5.26 Å². The standard InChI is InChI=1S/C11H9Cl2NO2S/c12-5-8(17-6-14)3-7-1-2-10(13)9(4-7)11(15)16/h1-2,4,8H,3,5H2,(H,15,16). The Morgan fingerprint density at radius 3 is 2.82 bits per heavy atom. The maximum Gasteiger partial charge on any atom is 0.337 e. The number of rotatable bonds is 5. The van der Waals surface area contributed by atoms with Crippen molar-refractivity contribution in [2.75, 3.05) is 5.88 Å². The second-order valence-corrected chi connectivity index (χ2v) is 5.11. The lowest BCUT2D eigenvalue weighted by atomic mass is 10.1. The molecule has 0 aromatic heterocycles. The number of hydrogen-bond acceptors (Lipinski definition) is 3. The molecule has 3 nitrogen and oxygen atoms in total. The highest BCUT2D eigenvalue weighted by Crippen LogP contribution is 2.22. The number of benzene rings is 1. The number of carboxylic acid groups (broad SMARTS) is 1. The Morgan fingerprint density at radius 1 is 1.59 bits per heavy atom. The fourth-order valence-corrected chi connectivity index (χ4v) is 2.31. The van der Waals surface area contributed by atoms with Crippen LogP contribution in [0.4, 0.5) is 0 Å². The topological polar surface area (TPSA) is 61.1 Å². The Labute approximate surface area is 113 Å². The van der Waals surface area contributed by atoms with E-state index in [1.165, 1.54) is 6.07 Å². The third kappa shape index (κ3) is 4.12. The molecule has 0 fully saturated rings. The van der Waals surface area contributed by atoms with E-state index in [1.54, 1.807) is 12.1 Å². The molecule has 0 radical (unpaired) electrons. The number of halogens is 2. The molecule has 1 atom stereocenters. The molecule has 0 spiro atoms. The number of alkyl halides is 1. The van der Waals surface area contributed by atoms with Crippen LogP contribution in [0.3, 0.4) is 0 Å². The molecular weight excluding hydrogens is 281 g/mol. The number of carboxylic acids is 1. The molecule has 1 aromatic carbocycles. The van der Waals surface area contributed by atoms with Crippen LogP contribution in [0.5, 0.6) is 0 Å². The van der Waals surface area contributed by atoms with Crippen LogP contribution in [0.15, 0.2) is 18.2 Å². The van der Waals surface area contributed by atoms with Crippen LogP contribution in [0.25, 0.3) is 0 Å². The van der Waals surface area contributed by atoms with Crippen molar-refractivity contribution in [1.82, 2.24) is 0 Å². The van der Waals surface area contributed by atoms with Crippen LogP contribution in [-0.2, 0) is 6.42 Å². The molecule has 1 N–H and O–H groups in total. The van der Waals surface area contributed by atoms with Crippen molar-refractivity contribution in [3.8, 4) is 5.40 Å². The summed E-state index contributed by atoms with van der Waals surface area (Å²) in [5, 5.41) is 19.6. The number of aromatic carboxylic acids is 1.